The molecule has 0 N–H and O–H groups in total. The van der Waals surface area contributed by atoms with Crippen molar-refractivity contribution < 1.29 is 8.78 Å². The maximum atomic E-state index is 13.7. The number of hydrogen-bond acceptors (Lipinski definition) is 1. The molecule has 2 rings (SSSR count). The average Bonchev–Trinajstić information content (AvgIpc) is 2.84. The van der Waals surface area contributed by atoms with E-state index in [1.165, 1.54) is 4.88 Å². The van der Waals surface area contributed by atoms with Crippen LogP contribution in [0.15, 0.2) is 30.3 Å². The van der Waals surface area contributed by atoms with Crippen LogP contribution in [0.25, 0.3) is 0 Å². The van der Waals surface area contributed by atoms with Gasteiger partial charge in [0.1, 0.15) is 0 Å². The molecule has 0 spiro atoms. The van der Waals surface area contributed by atoms with E-state index in [1.807, 2.05) is 0 Å². The highest BCUT2D eigenvalue weighted by Crippen LogP contribution is 2.37. The molecule has 0 aliphatic rings. The van der Waals surface area contributed by atoms with E-state index in [0.29, 0.717) is 12.0 Å². The summed E-state index contributed by atoms with van der Waals surface area (Å²) in [4.78, 5) is 2.43. The predicted molar refractivity (Wildman–Crippen MR) is 84.7 cm³/mol. The molecule has 2 aromatic rings. The second-order valence-electron chi connectivity index (χ2n) is 5.84. The van der Waals surface area contributed by atoms with Gasteiger partial charge in [-0.15, -0.1) is 11.3 Å². The van der Waals surface area contributed by atoms with Gasteiger partial charge < -0.3 is 0 Å². The summed E-state index contributed by atoms with van der Waals surface area (Å²) in [6.07, 6.45) is 0.438. The Morgan fingerprint density at radius 3 is 2.45 bits per heavy atom. The Kier molecular flexibility index (Phi) is 4.65. The van der Waals surface area contributed by atoms with Crippen LogP contribution in [0, 0.1) is 11.6 Å². The summed E-state index contributed by atoms with van der Waals surface area (Å²) >= 11 is 5.30. The third-order valence-corrected chi connectivity index (χ3v) is 5.85. The first-order valence-electron chi connectivity index (χ1n) is 6.46. The van der Waals surface area contributed by atoms with Crippen LogP contribution < -0.4 is 0 Å². The fourth-order valence-corrected chi connectivity index (χ4v) is 3.75. The van der Waals surface area contributed by atoms with Crippen LogP contribution in [0.4, 0.5) is 8.78 Å². The molecule has 1 unspecified atom stereocenters. The zero-order chi connectivity index (χ0) is 14.9. The summed E-state index contributed by atoms with van der Waals surface area (Å²) in [7, 11) is 0. The van der Waals surface area contributed by atoms with E-state index >= 15 is 0 Å². The van der Waals surface area contributed by atoms with E-state index in [1.54, 1.807) is 23.5 Å². The van der Waals surface area contributed by atoms with Crippen molar-refractivity contribution in [3.05, 3.63) is 57.3 Å². The lowest BCUT2D eigenvalue weighted by atomic mass is 9.95. The third-order valence-electron chi connectivity index (χ3n) is 3.11. The predicted octanol–water partition coefficient (Wildman–Crippen LogP) is 6.00. The molecular formula is C16H17BrF2S. The molecule has 0 radical (unpaired) electrons. The molecule has 1 aromatic carbocycles. The minimum absolute atomic E-state index is 0.0000926. The van der Waals surface area contributed by atoms with Gasteiger partial charge in [-0.1, -0.05) is 48.8 Å². The number of halogens is 3. The van der Waals surface area contributed by atoms with Gasteiger partial charge in [0, 0.05) is 9.75 Å². The van der Waals surface area contributed by atoms with Crippen LogP contribution in [0.1, 0.15) is 40.9 Å². The fraction of sp³-hybridized carbons (Fsp3) is 0.375. The summed E-state index contributed by atoms with van der Waals surface area (Å²) in [6.45, 7) is 6.49. The Hall–Kier alpha value is -0.740. The van der Waals surface area contributed by atoms with Crippen molar-refractivity contribution in [2.75, 3.05) is 0 Å². The number of thiophene rings is 1. The summed E-state index contributed by atoms with van der Waals surface area (Å²) in [5, 5.41) is 0. The molecule has 0 nitrogen and oxygen atoms in total. The largest absolute Gasteiger partial charge is 0.204 e. The Labute approximate surface area is 131 Å². The van der Waals surface area contributed by atoms with Crippen molar-refractivity contribution in [3.8, 4) is 0 Å². The van der Waals surface area contributed by atoms with Crippen molar-refractivity contribution in [1.82, 2.24) is 0 Å². The molecule has 0 saturated heterocycles. The van der Waals surface area contributed by atoms with Crippen LogP contribution in [-0.4, -0.2) is 0 Å². The molecule has 0 fully saturated rings. The van der Waals surface area contributed by atoms with Gasteiger partial charge >= 0.3 is 0 Å². The zero-order valence-corrected chi connectivity index (χ0v) is 14.1. The first-order chi connectivity index (χ1) is 9.29. The Bertz CT molecular complexity index is 599. The SMILES string of the molecule is CC(C)(C)c1ccc(C(Br)Cc2cccc(F)c2F)s1. The molecule has 108 valence electrons. The quantitative estimate of drug-likeness (QED) is 0.590. The zero-order valence-electron chi connectivity index (χ0n) is 11.7. The van der Waals surface area contributed by atoms with Gasteiger partial charge in [0.15, 0.2) is 11.6 Å². The second-order valence-corrected chi connectivity index (χ2v) is 8.06. The van der Waals surface area contributed by atoms with E-state index in [0.717, 1.165) is 10.9 Å². The fourth-order valence-electron chi connectivity index (χ4n) is 1.92. The van der Waals surface area contributed by atoms with Crippen molar-refractivity contribution in [2.24, 2.45) is 0 Å². The number of benzene rings is 1. The van der Waals surface area contributed by atoms with E-state index in [2.05, 4.69) is 48.8 Å². The minimum Gasteiger partial charge on any atom is -0.204 e. The van der Waals surface area contributed by atoms with E-state index in [-0.39, 0.29) is 10.2 Å². The van der Waals surface area contributed by atoms with Gasteiger partial charge in [-0.3, -0.25) is 0 Å². The summed E-state index contributed by atoms with van der Waals surface area (Å²) in [5.74, 6) is -1.53. The molecular weight excluding hydrogens is 342 g/mol. The molecule has 1 atom stereocenters. The molecule has 0 amide bonds. The average molecular weight is 359 g/mol. The number of rotatable bonds is 3. The van der Waals surface area contributed by atoms with Gasteiger partial charge in [0.25, 0.3) is 0 Å². The molecule has 0 bridgehead atoms. The lowest BCUT2D eigenvalue weighted by Crippen LogP contribution is -2.07. The van der Waals surface area contributed by atoms with Crippen LogP contribution in [0.5, 0.6) is 0 Å². The van der Waals surface area contributed by atoms with Crippen LogP contribution in [0.2, 0.25) is 0 Å². The standard InChI is InChI=1S/C16H17BrF2S/c1-16(2,3)14-8-7-13(20-14)11(17)9-10-5-4-6-12(18)15(10)19/h4-8,11H,9H2,1-3H3. The lowest BCUT2D eigenvalue weighted by Gasteiger charge is -2.15. The van der Waals surface area contributed by atoms with Gasteiger partial charge in [0.05, 0.1) is 4.83 Å². The van der Waals surface area contributed by atoms with Crippen LogP contribution in [0.3, 0.4) is 0 Å². The molecule has 1 aromatic heterocycles. The Morgan fingerprint density at radius 1 is 1.15 bits per heavy atom. The maximum absolute atomic E-state index is 13.7. The van der Waals surface area contributed by atoms with Gasteiger partial charge in [-0.05, 0) is 35.6 Å². The van der Waals surface area contributed by atoms with Crippen LogP contribution in [-0.2, 0) is 11.8 Å². The van der Waals surface area contributed by atoms with E-state index in [4.69, 9.17) is 0 Å². The Balaban J connectivity index is 2.18. The molecule has 20 heavy (non-hydrogen) atoms. The van der Waals surface area contributed by atoms with Crippen LogP contribution >= 0.6 is 27.3 Å². The van der Waals surface area contributed by atoms with Crippen molar-refractivity contribution in [1.29, 1.82) is 0 Å². The molecule has 0 aliphatic carbocycles. The van der Waals surface area contributed by atoms with Crippen molar-refractivity contribution in [3.63, 3.8) is 0 Å². The first-order valence-corrected chi connectivity index (χ1v) is 8.19. The van der Waals surface area contributed by atoms with Gasteiger partial charge in [0.2, 0.25) is 0 Å². The highest BCUT2D eigenvalue weighted by atomic mass is 79.9. The lowest BCUT2D eigenvalue weighted by molar-refractivity contribution is 0.498. The highest BCUT2D eigenvalue weighted by Gasteiger charge is 2.20. The van der Waals surface area contributed by atoms with E-state index in [9.17, 15) is 8.78 Å². The normalized spacial score (nSPS) is 13.5. The first kappa shape index (κ1) is 15.6. The van der Waals surface area contributed by atoms with Crippen molar-refractivity contribution >= 4 is 27.3 Å². The maximum Gasteiger partial charge on any atom is 0.162 e. The molecule has 0 saturated carbocycles. The highest BCUT2D eigenvalue weighted by molar-refractivity contribution is 9.09. The summed E-state index contributed by atoms with van der Waals surface area (Å²) in [5.41, 5.74) is 0.511. The molecule has 4 heteroatoms. The second kappa shape index (κ2) is 5.94. The monoisotopic (exact) mass is 358 g/mol. The summed E-state index contributed by atoms with van der Waals surface area (Å²) in [6, 6.07) is 8.48. The van der Waals surface area contributed by atoms with E-state index < -0.39 is 11.6 Å². The summed E-state index contributed by atoms with van der Waals surface area (Å²) < 4.78 is 26.9. The molecule has 0 aliphatic heterocycles. The number of alkyl halides is 1. The minimum atomic E-state index is -0.788. The third kappa shape index (κ3) is 3.47. The van der Waals surface area contributed by atoms with Gasteiger partial charge in [-0.25, -0.2) is 8.78 Å². The Morgan fingerprint density at radius 2 is 1.85 bits per heavy atom. The van der Waals surface area contributed by atoms with Crippen molar-refractivity contribution in [2.45, 2.75) is 37.4 Å². The van der Waals surface area contributed by atoms with Gasteiger partial charge in [-0.2, -0.15) is 0 Å². The smallest absolute Gasteiger partial charge is 0.162 e. The molecule has 1 heterocycles. The number of hydrogen-bond donors (Lipinski definition) is 0. The topological polar surface area (TPSA) is 0 Å².